The first-order valence-corrected chi connectivity index (χ1v) is 9.21. The van der Waals surface area contributed by atoms with Gasteiger partial charge in [-0.15, -0.1) is 0 Å². The first-order chi connectivity index (χ1) is 12.3. The van der Waals surface area contributed by atoms with Crippen LogP contribution in [0.4, 0.5) is 0 Å². The van der Waals surface area contributed by atoms with Gasteiger partial charge in [-0.25, -0.2) is 0 Å². The number of aliphatic hydroxyl groups is 1. The van der Waals surface area contributed by atoms with E-state index in [4.69, 9.17) is 4.52 Å². The minimum Gasteiger partial charge on any atom is -0.395 e. The van der Waals surface area contributed by atoms with E-state index in [0.717, 1.165) is 51.3 Å². The van der Waals surface area contributed by atoms with Crippen LogP contribution in [0.3, 0.4) is 0 Å². The Labute approximate surface area is 149 Å². The Bertz CT molecular complexity index is 619. The largest absolute Gasteiger partial charge is 0.395 e. The van der Waals surface area contributed by atoms with E-state index in [2.05, 4.69) is 51.1 Å². The molecule has 3 rings (SSSR count). The summed E-state index contributed by atoms with van der Waals surface area (Å²) in [5.74, 6) is 1.48. The Morgan fingerprint density at radius 2 is 1.88 bits per heavy atom. The Morgan fingerprint density at radius 1 is 1.12 bits per heavy atom. The van der Waals surface area contributed by atoms with Crippen LogP contribution in [-0.2, 0) is 19.4 Å². The van der Waals surface area contributed by atoms with Crippen molar-refractivity contribution in [2.45, 2.75) is 38.8 Å². The molecule has 1 aliphatic rings. The molecule has 1 aliphatic heterocycles. The van der Waals surface area contributed by atoms with Crippen molar-refractivity contribution in [3.8, 4) is 0 Å². The lowest BCUT2D eigenvalue weighted by Gasteiger charge is -2.37. The van der Waals surface area contributed by atoms with E-state index in [0.29, 0.717) is 12.4 Å². The lowest BCUT2D eigenvalue weighted by molar-refractivity contribution is 0.0568. The van der Waals surface area contributed by atoms with Crippen molar-refractivity contribution in [1.82, 2.24) is 19.9 Å². The van der Waals surface area contributed by atoms with Crippen molar-refractivity contribution in [2.75, 3.05) is 32.8 Å². The molecule has 2 aromatic rings. The predicted octanol–water partition coefficient (Wildman–Crippen LogP) is 1.74. The van der Waals surface area contributed by atoms with Gasteiger partial charge in [-0.2, -0.15) is 4.98 Å². The second-order valence-electron chi connectivity index (χ2n) is 6.65. The van der Waals surface area contributed by atoms with Crippen LogP contribution in [0.5, 0.6) is 0 Å². The summed E-state index contributed by atoms with van der Waals surface area (Å²) in [7, 11) is 0. The normalized spacial score (nSPS) is 17.7. The quantitative estimate of drug-likeness (QED) is 0.787. The topological polar surface area (TPSA) is 65.6 Å². The Balaban J connectivity index is 1.44. The molecule has 0 amide bonds. The summed E-state index contributed by atoms with van der Waals surface area (Å²) in [6, 6.07) is 10.7. The van der Waals surface area contributed by atoms with E-state index in [1.807, 2.05) is 6.07 Å². The lowest BCUT2D eigenvalue weighted by Crippen LogP contribution is -2.50. The van der Waals surface area contributed by atoms with Crippen molar-refractivity contribution in [1.29, 1.82) is 0 Å². The SMILES string of the molecule is CCC(CO)N1CCN(Cc2nc(CCc3ccccc3)no2)CC1. The van der Waals surface area contributed by atoms with Crippen molar-refractivity contribution in [3.05, 3.63) is 47.6 Å². The lowest BCUT2D eigenvalue weighted by atomic mass is 10.1. The molecule has 0 spiro atoms. The highest BCUT2D eigenvalue weighted by atomic mass is 16.5. The van der Waals surface area contributed by atoms with Gasteiger partial charge in [-0.1, -0.05) is 42.4 Å². The fraction of sp³-hybridized carbons (Fsp3) is 0.579. The van der Waals surface area contributed by atoms with Gasteiger partial charge >= 0.3 is 0 Å². The van der Waals surface area contributed by atoms with Crippen molar-refractivity contribution >= 4 is 0 Å². The fourth-order valence-electron chi connectivity index (χ4n) is 3.34. The molecule has 25 heavy (non-hydrogen) atoms. The molecule has 0 aliphatic carbocycles. The minimum absolute atomic E-state index is 0.241. The maximum Gasteiger partial charge on any atom is 0.240 e. The number of hydrogen-bond donors (Lipinski definition) is 1. The second-order valence-corrected chi connectivity index (χ2v) is 6.65. The van der Waals surface area contributed by atoms with Crippen molar-refractivity contribution in [2.24, 2.45) is 0 Å². The Hall–Kier alpha value is -1.76. The number of aliphatic hydroxyl groups excluding tert-OH is 1. The smallest absolute Gasteiger partial charge is 0.240 e. The summed E-state index contributed by atoms with van der Waals surface area (Å²) in [5.41, 5.74) is 1.29. The number of aryl methyl sites for hydroxylation is 2. The van der Waals surface area contributed by atoms with Crippen LogP contribution in [0.1, 0.15) is 30.6 Å². The highest BCUT2D eigenvalue weighted by molar-refractivity contribution is 5.15. The van der Waals surface area contributed by atoms with Crippen molar-refractivity contribution < 1.29 is 9.63 Å². The van der Waals surface area contributed by atoms with Crippen molar-refractivity contribution in [3.63, 3.8) is 0 Å². The highest BCUT2D eigenvalue weighted by Gasteiger charge is 2.23. The third-order valence-electron chi connectivity index (χ3n) is 4.95. The highest BCUT2D eigenvalue weighted by Crippen LogP contribution is 2.12. The number of rotatable bonds is 8. The van der Waals surface area contributed by atoms with E-state index >= 15 is 0 Å². The average Bonchev–Trinajstić information content (AvgIpc) is 3.11. The maximum atomic E-state index is 9.43. The summed E-state index contributed by atoms with van der Waals surface area (Å²) in [5, 5.41) is 13.5. The zero-order valence-electron chi connectivity index (χ0n) is 15.0. The molecule has 1 N–H and O–H groups in total. The zero-order valence-corrected chi connectivity index (χ0v) is 15.0. The molecule has 6 heteroatoms. The molecule has 0 radical (unpaired) electrons. The Morgan fingerprint density at radius 3 is 2.56 bits per heavy atom. The molecule has 0 saturated carbocycles. The number of benzene rings is 1. The molecule has 1 unspecified atom stereocenters. The van der Waals surface area contributed by atoms with Crippen LogP contribution in [0.25, 0.3) is 0 Å². The fourth-order valence-corrected chi connectivity index (χ4v) is 3.34. The van der Waals surface area contributed by atoms with E-state index in [9.17, 15) is 5.11 Å². The monoisotopic (exact) mass is 344 g/mol. The van der Waals surface area contributed by atoms with Gasteiger partial charge in [0.05, 0.1) is 13.2 Å². The molecule has 6 nitrogen and oxygen atoms in total. The molecule has 136 valence electrons. The minimum atomic E-state index is 0.241. The number of piperazine rings is 1. The van der Waals surface area contributed by atoms with E-state index in [-0.39, 0.29) is 12.6 Å². The van der Waals surface area contributed by atoms with Gasteiger partial charge in [0.25, 0.3) is 0 Å². The predicted molar refractivity (Wildman–Crippen MR) is 96.2 cm³/mol. The first kappa shape index (κ1) is 18.0. The standard InChI is InChI=1S/C19H28N4O2/c1-2-17(15-24)23-12-10-22(11-13-23)14-19-20-18(21-25-19)9-8-16-6-4-3-5-7-16/h3-7,17,24H,2,8-15H2,1H3. The van der Waals surface area contributed by atoms with E-state index in [1.54, 1.807) is 0 Å². The van der Waals surface area contributed by atoms with Gasteiger partial charge in [0, 0.05) is 38.6 Å². The summed E-state index contributed by atoms with van der Waals surface area (Å²) >= 11 is 0. The molecule has 1 fully saturated rings. The molecule has 2 heterocycles. The molecule has 0 bridgehead atoms. The number of aromatic nitrogens is 2. The third kappa shape index (κ3) is 5.11. The first-order valence-electron chi connectivity index (χ1n) is 9.21. The average molecular weight is 344 g/mol. The summed E-state index contributed by atoms with van der Waals surface area (Å²) in [4.78, 5) is 9.25. The van der Waals surface area contributed by atoms with Gasteiger partial charge in [0.2, 0.25) is 5.89 Å². The molecular weight excluding hydrogens is 316 g/mol. The van der Waals surface area contributed by atoms with Crippen LogP contribution < -0.4 is 0 Å². The number of hydrogen-bond acceptors (Lipinski definition) is 6. The van der Waals surface area contributed by atoms with Crippen LogP contribution in [-0.4, -0.2) is 63.9 Å². The summed E-state index contributed by atoms with van der Waals surface area (Å²) in [6.07, 6.45) is 2.72. The second kappa shape index (κ2) is 9.08. The van der Waals surface area contributed by atoms with Gasteiger partial charge in [0.1, 0.15) is 0 Å². The summed E-state index contributed by atoms with van der Waals surface area (Å²) in [6.45, 7) is 6.98. The van der Waals surface area contributed by atoms with Gasteiger partial charge < -0.3 is 9.63 Å². The maximum absolute atomic E-state index is 9.43. The van der Waals surface area contributed by atoms with Crippen LogP contribution in [0.15, 0.2) is 34.9 Å². The van der Waals surface area contributed by atoms with Crippen LogP contribution in [0, 0.1) is 0 Å². The Kier molecular flexibility index (Phi) is 6.55. The van der Waals surface area contributed by atoms with E-state index < -0.39 is 0 Å². The van der Waals surface area contributed by atoms with Crippen LogP contribution in [0.2, 0.25) is 0 Å². The molecular formula is C19H28N4O2. The molecule has 1 aromatic heterocycles. The van der Waals surface area contributed by atoms with E-state index in [1.165, 1.54) is 5.56 Å². The van der Waals surface area contributed by atoms with Gasteiger partial charge in [0.15, 0.2) is 5.82 Å². The third-order valence-corrected chi connectivity index (χ3v) is 4.95. The van der Waals surface area contributed by atoms with Crippen LogP contribution >= 0.6 is 0 Å². The molecule has 1 atom stereocenters. The summed E-state index contributed by atoms with van der Waals surface area (Å²) < 4.78 is 5.42. The zero-order chi connectivity index (χ0) is 17.5. The van der Waals surface area contributed by atoms with Gasteiger partial charge in [-0.3, -0.25) is 9.80 Å². The van der Waals surface area contributed by atoms with Gasteiger partial charge in [-0.05, 0) is 18.4 Å². The molecule has 1 aromatic carbocycles. The molecule has 1 saturated heterocycles. The number of nitrogens with zero attached hydrogens (tertiary/aromatic N) is 4.